The lowest BCUT2D eigenvalue weighted by Crippen LogP contribution is -2.17. The van der Waals surface area contributed by atoms with Gasteiger partial charge < -0.3 is 10.6 Å². The van der Waals surface area contributed by atoms with Crippen LogP contribution in [0, 0.1) is 6.92 Å². The second-order valence-corrected chi connectivity index (χ2v) is 5.35. The van der Waals surface area contributed by atoms with Gasteiger partial charge in [-0.2, -0.15) is 4.98 Å². The van der Waals surface area contributed by atoms with Crippen molar-refractivity contribution in [2.24, 2.45) is 4.99 Å². The van der Waals surface area contributed by atoms with E-state index < -0.39 is 0 Å². The quantitative estimate of drug-likeness (QED) is 0.762. The van der Waals surface area contributed by atoms with E-state index in [0.717, 1.165) is 23.5 Å². The lowest BCUT2D eigenvalue weighted by atomic mass is 10.3. The molecular weight excluding hydrogens is 288 g/mol. The molecule has 6 nitrogen and oxygen atoms in total. The Labute approximate surface area is 137 Å². The first-order valence-electron chi connectivity index (χ1n) is 7.91. The number of nitrogens with zero attached hydrogens (tertiary/aromatic N) is 4. The van der Waals surface area contributed by atoms with Gasteiger partial charge in [0.1, 0.15) is 5.69 Å². The third kappa shape index (κ3) is 4.74. The van der Waals surface area contributed by atoms with Crippen LogP contribution in [0.3, 0.4) is 0 Å². The summed E-state index contributed by atoms with van der Waals surface area (Å²) in [6, 6.07) is 6.16. The maximum Gasteiger partial charge on any atom is 0.225 e. The van der Waals surface area contributed by atoms with Crippen molar-refractivity contribution >= 4 is 23.7 Å². The molecule has 0 aliphatic carbocycles. The molecule has 2 aromatic heterocycles. The zero-order valence-corrected chi connectivity index (χ0v) is 14.2. The van der Waals surface area contributed by atoms with E-state index in [1.54, 1.807) is 12.4 Å². The van der Waals surface area contributed by atoms with Crippen molar-refractivity contribution < 1.29 is 0 Å². The molecule has 1 unspecified atom stereocenters. The maximum absolute atomic E-state index is 4.58. The van der Waals surface area contributed by atoms with Crippen LogP contribution in [0.2, 0.25) is 0 Å². The summed E-state index contributed by atoms with van der Waals surface area (Å²) >= 11 is 0. The van der Waals surface area contributed by atoms with E-state index in [0.29, 0.717) is 24.4 Å². The Morgan fingerprint density at radius 2 is 2.13 bits per heavy atom. The van der Waals surface area contributed by atoms with Crippen molar-refractivity contribution in [3.8, 4) is 0 Å². The average molecular weight is 312 g/mol. The van der Waals surface area contributed by atoms with Gasteiger partial charge in [-0.3, -0.25) is 9.98 Å². The Kier molecular flexibility index (Phi) is 6.02. The molecule has 23 heavy (non-hydrogen) atoms. The fourth-order valence-electron chi connectivity index (χ4n) is 2.04. The molecule has 0 saturated carbocycles. The largest absolute Gasteiger partial charge is 0.362 e. The topological polar surface area (TPSA) is 75.1 Å². The Hall–Kier alpha value is -2.50. The Morgan fingerprint density at radius 3 is 2.78 bits per heavy atom. The van der Waals surface area contributed by atoms with Gasteiger partial charge in [0.2, 0.25) is 5.95 Å². The van der Waals surface area contributed by atoms with Crippen LogP contribution in [-0.2, 0) is 6.54 Å². The van der Waals surface area contributed by atoms with Crippen LogP contribution in [0.5, 0.6) is 0 Å². The second-order valence-electron chi connectivity index (χ2n) is 5.35. The molecule has 2 N–H and O–H groups in total. The van der Waals surface area contributed by atoms with Gasteiger partial charge in [-0.25, -0.2) is 4.98 Å². The van der Waals surface area contributed by atoms with E-state index in [4.69, 9.17) is 0 Å². The minimum atomic E-state index is 0.318. The number of aromatic nitrogens is 3. The van der Waals surface area contributed by atoms with Crippen LogP contribution in [0.1, 0.15) is 38.6 Å². The predicted molar refractivity (Wildman–Crippen MR) is 95.5 cm³/mol. The van der Waals surface area contributed by atoms with Crippen LogP contribution in [0.15, 0.2) is 29.4 Å². The third-order valence-electron chi connectivity index (χ3n) is 3.47. The molecule has 122 valence electrons. The average Bonchev–Trinajstić information content (AvgIpc) is 2.56. The molecule has 0 saturated heterocycles. The molecule has 1 atom stereocenters. The van der Waals surface area contributed by atoms with Gasteiger partial charge in [-0.05, 0) is 39.3 Å². The number of aryl methyl sites for hydroxylation is 1. The molecule has 0 aliphatic heterocycles. The molecule has 6 heteroatoms. The van der Waals surface area contributed by atoms with Gasteiger partial charge in [0.05, 0.1) is 17.9 Å². The zero-order valence-electron chi connectivity index (χ0n) is 14.2. The summed E-state index contributed by atoms with van der Waals surface area (Å²) in [5.74, 6) is 1.34. The van der Waals surface area contributed by atoms with Crippen molar-refractivity contribution in [1.29, 1.82) is 0 Å². The standard InChI is InChI=1S/C17H24N6/c1-5-12(3)21-17-22-13(4)15(18-6-2)16(23-17)20-11-14-9-7-8-10-19-14/h6-10,12H,5,11H2,1-4H3,(H2,20,21,22,23). The summed E-state index contributed by atoms with van der Waals surface area (Å²) in [5.41, 5.74) is 2.55. The fraction of sp³-hybridized carbons (Fsp3) is 0.412. The lowest BCUT2D eigenvalue weighted by Gasteiger charge is -2.15. The highest BCUT2D eigenvalue weighted by Gasteiger charge is 2.12. The van der Waals surface area contributed by atoms with Crippen molar-refractivity contribution in [3.05, 3.63) is 35.8 Å². The lowest BCUT2D eigenvalue weighted by molar-refractivity contribution is 0.751. The molecule has 0 bridgehead atoms. The van der Waals surface area contributed by atoms with E-state index >= 15 is 0 Å². The van der Waals surface area contributed by atoms with Gasteiger partial charge in [0.15, 0.2) is 5.82 Å². The summed E-state index contributed by atoms with van der Waals surface area (Å²) < 4.78 is 0. The first-order chi connectivity index (χ1) is 11.1. The molecular formula is C17H24N6. The molecule has 2 heterocycles. The normalized spacial score (nSPS) is 12.3. The van der Waals surface area contributed by atoms with Crippen LogP contribution >= 0.6 is 0 Å². The number of hydrogen-bond acceptors (Lipinski definition) is 6. The van der Waals surface area contributed by atoms with Gasteiger partial charge >= 0.3 is 0 Å². The molecule has 0 aliphatic rings. The number of anilines is 2. The first kappa shape index (κ1) is 16.9. The Morgan fingerprint density at radius 1 is 1.30 bits per heavy atom. The SMILES string of the molecule is CC=Nc1c(C)nc(NC(C)CC)nc1NCc1ccccn1. The molecule has 2 aromatic rings. The van der Waals surface area contributed by atoms with E-state index in [1.807, 2.05) is 32.0 Å². The van der Waals surface area contributed by atoms with Gasteiger partial charge in [0.25, 0.3) is 0 Å². The fourth-order valence-corrected chi connectivity index (χ4v) is 2.04. The number of rotatable bonds is 7. The minimum Gasteiger partial charge on any atom is -0.362 e. The molecule has 0 fully saturated rings. The minimum absolute atomic E-state index is 0.318. The van der Waals surface area contributed by atoms with Crippen LogP contribution < -0.4 is 10.6 Å². The zero-order chi connectivity index (χ0) is 16.7. The highest BCUT2D eigenvalue weighted by atomic mass is 15.2. The van der Waals surface area contributed by atoms with Crippen LogP contribution in [-0.4, -0.2) is 27.2 Å². The molecule has 0 aromatic carbocycles. The third-order valence-corrected chi connectivity index (χ3v) is 3.47. The number of hydrogen-bond donors (Lipinski definition) is 2. The Balaban J connectivity index is 2.26. The van der Waals surface area contributed by atoms with Crippen LogP contribution in [0.25, 0.3) is 0 Å². The number of aliphatic imine (C=N–C) groups is 1. The summed E-state index contributed by atoms with van der Waals surface area (Å²) in [5, 5.41) is 6.63. The summed E-state index contributed by atoms with van der Waals surface area (Å²) in [6.07, 6.45) is 4.54. The van der Waals surface area contributed by atoms with E-state index in [9.17, 15) is 0 Å². The monoisotopic (exact) mass is 312 g/mol. The molecule has 0 spiro atoms. The molecule has 0 amide bonds. The van der Waals surface area contributed by atoms with Crippen molar-refractivity contribution in [2.45, 2.75) is 46.7 Å². The van der Waals surface area contributed by atoms with Crippen molar-refractivity contribution in [1.82, 2.24) is 15.0 Å². The highest BCUT2D eigenvalue weighted by Crippen LogP contribution is 2.27. The molecule has 0 radical (unpaired) electrons. The first-order valence-corrected chi connectivity index (χ1v) is 7.91. The van der Waals surface area contributed by atoms with Gasteiger partial charge in [-0.15, -0.1) is 0 Å². The van der Waals surface area contributed by atoms with Gasteiger partial charge in [0, 0.05) is 18.5 Å². The maximum atomic E-state index is 4.58. The van der Waals surface area contributed by atoms with E-state index in [2.05, 4.69) is 44.4 Å². The second kappa shape index (κ2) is 8.22. The van der Waals surface area contributed by atoms with Crippen molar-refractivity contribution in [3.63, 3.8) is 0 Å². The smallest absolute Gasteiger partial charge is 0.225 e. The van der Waals surface area contributed by atoms with Gasteiger partial charge in [-0.1, -0.05) is 13.0 Å². The summed E-state index contributed by atoms with van der Waals surface area (Å²) in [7, 11) is 0. The van der Waals surface area contributed by atoms with E-state index in [1.165, 1.54) is 0 Å². The Bertz CT molecular complexity index is 654. The molecule has 2 rings (SSSR count). The highest BCUT2D eigenvalue weighted by molar-refractivity contribution is 5.71. The number of nitrogens with one attached hydrogen (secondary N) is 2. The summed E-state index contributed by atoms with van der Waals surface area (Å²) in [4.78, 5) is 17.8. The predicted octanol–water partition coefficient (Wildman–Crippen LogP) is 3.72. The number of pyridine rings is 1. The summed E-state index contributed by atoms with van der Waals surface area (Å²) in [6.45, 7) is 8.65. The van der Waals surface area contributed by atoms with Crippen LogP contribution in [0.4, 0.5) is 17.5 Å². The van der Waals surface area contributed by atoms with Crippen molar-refractivity contribution in [2.75, 3.05) is 10.6 Å². The van der Waals surface area contributed by atoms with E-state index in [-0.39, 0.29) is 0 Å².